The highest BCUT2D eigenvalue weighted by Crippen LogP contribution is 2.21. The predicted molar refractivity (Wildman–Crippen MR) is 81.5 cm³/mol. The third-order valence-electron chi connectivity index (χ3n) is 4.29. The first-order valence-electron chi connectivity index (χ1n) is 7.73. The van der Waals surface area contributed by atoms with Crippen molar-refractivity contribution in [1.82, 2.24) is 19.5 Å². The highest BCUT2D eigenvalue weighted by atomic mass is 32.2. The molecule has 1 aliphatic carbocycles. The lowest BCUT2D eigenvalue weighted by Gasteiger charge is -2.32. The van der Waals surface area contributed by atoms with Crippen molar-refractivity contribution in [3.63, 3.8) is 0 Å². The molecule has 0 spiro atoms. The molecule has 118 valence electrons. The van der Waals surface area contributed by atoms with Crippen LogP contribution in [0, 0.1) is 0 Å². The van der Waals surface area contributed by atoms with Gasteiger partial charge >= 0.3 is 0 Å². The van der Waals surface area contributed by atoms with Gasteiger partial charge in [-0.2, -0.15) is 4.31 Å². The minimum Gasteiger partial charge on any atom is -0.363 e. The molecule has 1 saturated carbocycles. The molecule has 0 aromatic carbocycles. The molecule has 1 aromatic heterocycles. The minimum absolute atomic E-state index is 0.389. The van der Waals surface area contributed by atoms with Gasteiger partial charge in [-0.25, -0.2) is 8.42 Å². The monoisotopic (exact) mass is 312 g/mol. The molecule has 6 nitrogen and oxygen atoms in total. The summed E-state index contributed by atoms with van der Waals surface area (Å²) in [7, 11) is -3.35. The number of nitrogens with one attached hydrogen (secondary N) is 2. The molecule has 2 N–H and O–H groups in total. The molecule has 2 heterocycles. The number of aromatic amines is 1. The molecule has 0 radical (unpaired) electrons. The second kappa shape index (κ2) is 6.08. The summed E-state index contributed by atoms with van der Waals surface area (Å²) < 4.78 is 26.8. The normalized spacial score (nSPS) is 21.8. The number of sulfonamides is 1. The van der Waals surface area contributed by atoms with Crippen LogP contribution in [0.2, 0.25) is 0 Å². The Bertz CT molecular complexity index is 572. The number of likely N-dealkylation sites (N-methyl/N-ethyl adjacent to an activating group) is 1. The van der Waals surface area contributed by atoms with Gasteiger partial charge in [-0.3, -0.25) is 0 Å². The molecule has 1 saturated heterocycles. The van der Waals surface area contributed by atoms with E-state index < -0.39 is 10.0 Å². The molecule has 2 aliphatic rings. The lowest BCUT2D eigenvalue weighted by atomic mass is 10.4. The van der Waals surface area contributed by atoms with Crippen molar-refractivity contribution in [2.45, 2.75) is 37.2 Å². The zero-order chi connectivity index (χ0) is 14.9. The van der Waals surface area contributed by atoms with Gasteiger partial charge in [0.05, 0.1) is 4.90 Å². The van der Waals surface area contributed by atoms with E-state index in [1.807, 2.05) is 0 Å². The first-order valence-corrected chi connectivity index (χ1v) is 9.17. The lowest BCUT2D eigenvalue weighted by molar-refractivity contribution is 0.196. The van der Waals surface area contributed by atoms with Crippen LogP contribution in [0.25, 0.3) is 0 Å². The number of H-pyrrole nitrogens is 1. The van der Waals surface area contributed by atoms with Crippen molar-refractivity contribution < 1.29 is 8.42 Å². The molecule has 0 unspecified atom stereocenters. The van der Waals surface area contributed by atoms with Crippen molar-refractivity contribution >= 4 is 10.0 Å². The van der Waals surface area contributed by atoms with Gasteiger partial charge in [-0.1, -0.05) is 6.92 Å². The number of hydrogen-bond acceptors (Lipinski definition) is 4. The average Bonchev–Trinajstić information content (AvgIpc) is 3.21. The number of aromatic nitrogens is 1. The first-order chi connectivity index (χ1) is 10.1. The number of rotatable bonds is 6. The summed E-state index contributed by atoms with van der Waals surface area (Å²) in [5.74, 6) is 0. The summed E-state index contributed by atoms with van der Waals surface area (Å²) in [6.45, 7) is 6.59. The Morgan fingerprint density at radius 2 is 2.00 bits per heavy atom. The molecule has 7 heteroatoms. The average molecular weight is 312 g/mol. The molecule has 2 fully saturated rings. The molecule has 3 rings (SSSR count). The minimum atomic E-state index is -3.35. The molecule has 0 atom stereocenters. The Balaban J connectivity index is 1.63. The van der Waals surface area contributed by atoms with Crippen LogP contribution in [0.3, 0.4) is 0 Å². The van der Waals surface area contributed by atoms with Gasteiger partial charge < -0.3 is 15.2 Å². The Morgan fingerprint density at radius 3 is 2.62 bits per heavy atom. The standard InChI is InChI=1S/C14H24N4O2S/c1-2-17-5-7-18(8-6-17)21(19,20)14-9-13(16-11-14)10-15-12-3-4-12/h9,11-12,15-16H,2-8,10H2,1H3. The van der Waals surface area contributed by atoms with Crippen LogP contribution >= 0.6 is 0 Å². The largest absolute Gasteiger partial charge is 0.363 e. The van der Waals surface area contributed by atoms with Gasteiger partial charge in [0.15, 0.2) is 0 Å². The van der Waals surface area contributed by atoms with Crippen LogP contribution in [0.15, 0.2) is 17.2 Å². The van der Waals surface area contributed by atoms with Gasteiger partial charge in [-0.05, 0) is 25.5 Å². The van der Waals surface area contributed by atoms with Gasteiger partial charge in [0.1, 0.15) is 0 Å². The van der Waals surface area contributed by atoms with Crippen molar-refractivity contribution in [1.29, 1.82) is 0 Å². The van der Waals surface area contributed by atoms with E-state index in [2.05, 4.69) is 22.1 Å². The fraction of sp³-hybridized carbons (Fsp3) is 0.714. The molecule has 21 heavy (non-hydrogen) atoms. The first kappa shape index (κ1) is 15.0. The van der Waals surface area contributed by atoms with Crippen molar-refractivity contribution in [2.75, 3.05) is 32.7 Å². The van der Waals surface area contributed by atoms with E-state index in [0.717, 1.165) is 25.3 Å². The summed E-state index contributed by atoms with van der Waals surface area (Å²) in [6.07, 6.45) is 4.08. The summed E-state index contributed by atoms with van der Waals surface area (Å²) >= 11 is 0. The Labute approximate surface area is 126 Å². The fourth-order valence-electron chi connectivity index (χ4n) is 2.65. The van der Waals surface area contributed by atoms with E-state index in [0.29, 0.717) is 30.6 Å². The summed E-state index contributed by atoms with van der Waals surface area (Å²) in [6, 6.07) is 2.38. The van der Waals surface area contributed by atoms with E-state index in [4.69, 9.17) is 0 Å². The maximum Gasteiger partial charge on any atom is 0.244 e. The number of hydrogen-bond donors (Lipinski definition) is 2. The van der Waals surface area contributed by atoms with E-state index in [1.54, 1.807) is 16.6 Å². The van der Waals surface area contributed by atoms with Crippen LogP contribution in [0.5, 0.6) is 0 Å². The molecule has 0 bridgehead atoms. The maximum absolute atomic E-state index is 12.6. The zero-order valence-electron chi connectivity index (χ0n) is 12.5. The van der Waals surface area contributed by atoms with E-state index in [9.17, 15) is 8.42 Å². The number of nitrogens with zero attached hydrogens (tertiary/aromatic N) is 2. The molecule has 1 aliphatic heterocycles. The van der Waals surface area contributed by atoms with Gasteiger partial charge in [0.2, 0.25) is 10.0 Å². The number of piperazine rings is 1. The van der Waals surface area contributed by atoms with E-state index in [-0.39, 0.29) is 0 Å². The molecular formula is C14H24N4O2S. The Hall–Kier alpha value is -0.890. The second-order valence-corrected chi connectivity index (χ2v) is 7.79. The lowest BCUT2D eigenvalue weighted by Crippen LogP contribution is -2.48. The van der Waals surface area contributed by atoms with Crippen molar-refractivity contribution in [3.05, 3.63) is 18.0 Å². The highest BCUT2D eigenvalue weighted by molar-refractivity contribution is 7.89. The predicted octanol–water partition coefficient (Wildman–Crippen LogP) is 0.593. The molecular weight excluding hydrogens is 288 g/mol. The van der Waals surface area contributed by atoms with E-state index in [1.165, 1.54) is 12.8 Å². The topological polar surface area (TPSA) is 68.4 Å². The summed E-state index contributed by atoms with van der Waals surface area (Å²) in [5.41, 5.74) is 0.938. The third-order valence-corrected chi connectivity index (χ3v) is 6.17. The van der Waals surface area contributed by atoms with Crippen LogP contribution in [-0.4, -0.2) is 61.4 Å². The Kier molecular flexibility index (Phi) is 4.35. The summed E-state index contributed by atoms with van der Waals surface area (Å²) in [5, 5.41) is 3.38. The van der Waals surface area contributed by atoms with Crippen LogP contribution in [0.1, 0.15) is 25.5 Å². The van der Waals surface area contributed by atoms with Crippen LogP contribution < -0.4 is 5.32 Å². The van der Waals surface area contributed by atoms with Gasteiger partial charge in [0, 0.05) is 50.7 Å². The van der Waals surface area contributed by atoms with Crippen LogP contribution in [0.4, 0.5) is 0 Å². The van der Waals surface area contributed by atoms with Gasteiger partial charge in [0.25, 0.3) is 0 Å². The van der Waals surface area contributed by atoms with Gasteiger partial charge in [-0.15, -0.1) is 0 Å². The highest BCUT2D eigenvalue weighted by Gasteiger charge is 2.29. The fourth-order valence-corrected chi connectivity index (χ4v) is 4.09. The van der Waals surface area contributed by atoms with Crippen molar-refractivity contribution in [2.24, 2.45) is 0 Å². The third kappa shape index (κ3) is 3.48. The van der Waals surface area contributed by atoms with Crippen molar-refractivity contribution in [3.8, 4) is 0 Å². The Morgan fingerprint density at radius 1 is 1.29 bits per heavy atom. The zero-order valence-corrected chi connectivity index (χ0v) is 13.3. The quantitative estimate of drug-likeness (QED) is 0.807. The summed E-state index contributed by atoms with van der Waals surface area (Å²) in [4.78, 5) is 5.74. The second-order valence-electron chi connectivity index (χ2n) is 5.85. The smallest absolute Gasteiger partial charge is 0.244 e. The molecule has 0 amide bonds. The molecule has 1 aromatic rings. The maximum atomic E-state index is 12.6. The van der Waals surface area contributed by atoms with Crippen LogP contribution in [-0.2, 0) is 16.6 Å². The SMILES string of the molecule is CCN1CCN(S(=O)(=O)c2c[nH]c(CNC3CC3)c2)CC1. The van der Waals surface area contributed by atoms with E-state index >= 15 is 0 Å².